The number of nitrogen functional groups attached to an aromatic ring is 1. The summed E-state index contributed by atoms with van der Waals surface area (Å²) >= 11 is 13.3. The van der Waals surface area contributed by atoms with Crippen molar-refractivity contribution in [1.29, 1.82) is 5.26 Å². The highest BCUT2D eigenvalue weighted by atomic mass is 35.5. The average Bonchev–Trinajstić information content (AvgIpc) is 3.02. The lowest BCUT2D eigenvalue weighted by atomic mass is 10.2. The molecule has 0 saturated carbocycles. The SMILES string of the molecule is C[C@H](Sc1nnc(-c2ccccc2Cl)n1N)C(=O)Nc1ccc(C#N)c(Cl)c1. The summed E-state index contributed by atoms with van der Waals surface area (Å²) < 4.78 is 1.30. The van der Waals surface area contributed by atoms with Gasteiger partial charge in [0.1, 0.15) is 6.07 Å². The fraction of sp³-hybridized carbons (Fsp3) is 0.111. The van der Waals surface area contributed by atoms with Gasteiger partial charge in [0.2, 0.25) is 11.1 Å². The smallest absolute Gasteiger partial charge is 0.237 e. The Morgan fingerprint density at radius 2 is 2.00 bits per heavy atom. The lowest BCUT2D eigenvalue weighted by molar-refractivity contribution is -0.115. The molecule has 1 aromatic heterocycles. The number of hydrogen-bond acceptors (Lipinski definition) is 6. The zero-order valence-corrected chi connectivity index (χ0v) is 16.9. The van der Waals surface area contributed by atoms with Crippen molar-refractivity contribution in [3.63, 3.8) is 0 Å². The van der Waals surface area contributed by atoms with Crippen LogP contribution in [0.2, 0.25) is 10.0 Å². The minimum atomic E-state index is -0.514. The molecule has 0 saturated heterocycles. The topological polar surface area (TPSA) is 110 Å². The van der Waals surface area contributed by atoms with Gasteiger partial charge in [0.15, 0.2) is 5.82 Å². The van der Waals surface area contributed by atoms with Crippen molar-refractivity contribution in [1.82, 2.24) is 14.9 Å². The van der Waals surface area contributed by atoms with E-state index >= 15 is 0 Å². The van der Waals surface area contributed by atoms with Gasteiger partial charge in [-0.05, 0) is 37.3 Å². The number of benzene rings is 2. The molecule has 0 spiro atoms. The van der Waals surface area contributed by atoms with Gasteiger partial charge in [0.05, 0.1) is 20.9 Å². The van der Waals surface area contributed by atoms with Gasteiger partial charge in [0, 0.05) is 11.3 Å². The Labute approximate surface area is 175 Å². The molecule has 0 aliphatic heterocycles. The number of nitrogens with two attached hydrogens (primary N) is 1. The first-order valence-corrected chi connectivity index (χ1v) is 9.67. The van der Waals surface area contributed by atoms with Crippen molar-refractivity contribution in [3.05, 3.63) is 58.1 Å². The van der Waals surface area contributed by atoms with Crippen LogP contribution in [0.25, 0.3) is 11.4 Å². The van der Waals surface area contributed by atoms with Crippen LogP contribution in [-0.4, -0.2) is 26.0 Å². The zero-order chi connectivity index (χ0) is 20.3. The summed E-state index contributed by atoms with van der Waals surface area (Å²) in [6.07, 6.45) is 0. The summed E-state index contributed by atoms with van der Waals surface area (Å²) in [4.78, 5) is 12.5. The summed E-state index contributed by atoms with van der Waals surface area (Å²) in [7, 11) is 0. The summed E-state index contributed by atoms with van der Waals surface area (Å²) in [5.41, 5.74) is 1.48. The molecule has 1 atom stereocenters. The van der Waals surface area contributed by atoms with Crippen LogP contribution >= 0.6 is 35.0 Å². The largest absolute Gasteiger partial charge is 0.335 e. The summed E-state index contributed by atoms with van der Waals surface area (Å²) in [6, 6.07) is 13.8. The number of anilines is 1. The molecule has 2 aromatic carbocycles. The Kier molecular flexibility index (Phi) is 6.09. The van der Waals surface area contributed by atoms with E-state index in [9.17, 15) is 4.79 Å². The third-order valence-corrected chi connectivity index (χ3v) is 5.49. The molecule has 1 heterocycles. The highest BCUT2D eigenvalue weighted by Crippen LogP contribution is 2.29. The highest BCUT2D eigenvalue weighted by Gasteiger charge is 2.21. The van der Waals surface area contributed by atoms with Crippen LogP contribution in [0.15, 0.2) is 47.6 Å². The standard InChI is InChI=1S/C18H14Cl2N6OS/c1-10(17(27)23-12-7-6-11(9-21)15(20)8-12)28-18-25-24-16(26(18)22)13-4-2-3-5-14(13)19/h2-8,10H,22H2,1H3,(H,23,27)/t10-/m0/s1. The van der Waals surface area contributed by atoms with Crippen LogP contribution < -0.4 is 11.2 Å². The molecule has 142 valence electrons. The van der Waals surface area contributed by atoms with Gasteiger partial charge < -0.3 is 11.2 Å². The van der Waals surface area contributed by atoms with E-state index in [0.717, 1.165) is 11.8 Å². The van der Waals surface area contributed by atoms with Crippen LogP contribution in [0, 0.1) is 11.3 Å². The molecule has 0 bridgehead atoms. The Hall–Kier alpha value is -2.73. The van der Waals surface area contributed by atoms with Gasteiger partial charge in [0.25, 0.3) is 0 Å². The third-order valence-electron chi connectivity index (χ3n) is 3.79. The van der Waals surface area contributed by atoms with E-state index in [-0.39, 0.29) is 10.9 Å². The maximum Gasteiger partial charge on any atom is 0.237 e. The van der Waals surface area contributed by atoms with Crippen molar-refractivity contribution < 1.29 is 4.79 Å². The third kappa shape index (κ3) is 4.22. The van der Waals surface area contributed by atoms with Gasteiger partial charge in [-0.2, -0.15) is 5.26 Å². The van der Waals surface area contributed by atoms with Crippen molar-refractivity contribution >= 4 is 46.6 Å². The van der Waals surface area contributed by atoms with Crippen LogP contribution in [0.1, 0.15) is 12.5 Å². The summed E-state index contributed by atoms with van der Waals surface area (Å²) in [6.45, 7) is 1.72. The van der Waals surface area contributed by atoms with E-state index in [4.69, 9.17) is 34.3 Å². The van der Waals surface area contributed by atoms with Crippen molar-refractivity contribution in [2.75, 3.05) is 11.2 Å². The van der Waals surface area contributed by atoms with Crippen molar-refractivity contribution in [2.24, 2.45) is 0 Å². The molecule has 0 aliphatic rings. The lowest BCUT2D eigenvalue weighted by Crippen LogP contribution is -2.23. The minimum absolute atomic E-state index is 0.270. The molecule has 0 aliphatic carbocycles. The van der Waals surface area contributed by atoms with E-state index in [1.165, 1.54) is 10.7 Å². The first-order valence-electron chi connectivity index (χ1n) is 8.03. The molecule has 3 rings (SSSR count). The van der Waals surface area contributed by atoms with Crippen LogP contribution in [0.5, 0.6) is 0 Å². The van der Waals surface area contributed by atoms with Crippen LogP contribution in [-0.2, 0) is 4.79 Å². The molecule has 1 amide bonds. The summed E-state index contributed by atoms with van der Waals surface area (Å²) in [5.74, 6) is 6.22. The van der Waals surface area contributed by atoms with Gasteiger partial charge >= 0.3 is 0 Å². The van der Waals surface area contributed by atoms with E-state index < -0.39 is 5.25 Å². The number of halogens is 2. The van der Waals surface area contributed by atoms with Gasteiger partial charge in [-0.15, -0.1) is 10.2 Å². The second-order valence-electron chi connectivity index (χ2n) is 5.71. The number of carbonyl (C=O) groups excluding carboxylic acids is 1. The number of rotatable bonds is 5. The number of carbonyl (C=O) groups is 1. The molecule has 3 N–H and O–H groups in total. The molecular formula is C18H14Cl2N6OS. The molecule has 0 fully saturated rings. The van der Waals surface area contributed by atoms with Crippen molar-refractivity contribution in [3.8, 4) is 17.5 Å². The fourth-order valence-electron chi connectivity index (χ4n) is 2.32. The second-order valence-corrected chi connectivity index (χ2v) is 7.83. The predicted octanol–water partition coefficient (Wildman–Crippen LogP) is 3.96. The molecule has 0 unspecified atom stereocenters. The molecule has 0 radical (unpaired) electrons. The van der Waals surface area contributed by atoms with Crippen molar-refractivity contribution in [2.45, 2.75) is 17.3 Å². The number of thioether (sulfide) groups is 1. The number of nitrogens with zero attached hydrogens (tertiary/aromatic N) is 4. The maximum absolute atomic E-state index is 12.5. The zero-order valence-electron chi connectivity index (χ0n) is 14.6. The molecule has 3 aromatic rings. The Morgan fingerprint density at radius 1 is 1.25 bits per heavy atom. The Morgan fingerprint density at radius 3 is 2.68 bits per heavy atom. The van der Waals surface area contributed by atoms with Gasteiger partial charge in [-0.25, -0.2) is 4.68 Å². The number of amides is 1. The highest BCUT2D eigenvalue weighted by molar-refractivity contribution is 8.00. The first kappa shape index (κ1) is 20.0. The van der Waals surface area contributed by atoms with Crippen LogP contribution in [0.3, 0.4) is 0 Å². The normalized spacial score (nSPS) is 11.6. The van der Waals surface area contributed by atoms with E-state index in [1.807, 2.05) is 12.1 Å². The quantitative estimate of drug-likeness (QED) is 0.466. The number of aromatic nitrogens is 3. The van der Waals surface area contributed by atoms with E-state index in [2.05, 4.69) is 15.5 Å². The second kappa shape index (κ2) is 8.52. The lowest BCUT2D eigenvalue weighted by Gasteiger charge is -2.12. The van der Waals surface area contributed by atoms with E-state index in [0.29, 0.717) is 32.8 Å². The summed E-state index contributed by atoms with van der Waals surface area (Å²) in [5, 5.41) is 20.4. The molecular weight excluding hydrogens is 419 g/mol. The average molecular weight is 433 g/mol. The number of nitrogens with one attached hydrogen (secondary N) is 1. The molecule has 7 nitrogen and oxygen atoms in total. The minimum Gasteiger partial charge on any atom is -0.335 e. The molecule has 10 heteroatoms. The predicted molar refractivity (Wildman–Crippen MR) is 111 cm³/mol. The maximum atomic E-state index is 12.5. The monoisotopic (exact) mass is 432 g/mol. The van der Waals surface area contributed by atoms with Gasteiger partial charge in [-0.3, -0.25) is 4.79 Å². The molecule has 28 heavy (non-hydrogen) atoms. The fourth-order valence-corrected chi connectivity index (χ4v) is 3.54. The van der Waals surface area contributed by atoms with E-state index in [1.54, 1.807) is 37.3 Å². The Bertz CT molecular complexity index is 1080. The Balaban J connectivity index is 1.72. The number of hydrogen-bond donors (Lipinski definition) is 2. The van der Waals surface area contributed by atoms with Crippen LogP contribution in [0.4, 0.5) is 5.69 Å². The van der Waals surface area contributed by atoms with Gasteiger partial charge in [-0.1, -0.05) is 47.1 Å². The number of nitriles is 1. The first-order chi connectivity index (χ1) is 13.4.